The number of hydrogen-bond donors (Lipinski definition) is 0. The van der Waals surface area contributed by atoms with Gasteiger partial charge in [-0.15, -0.1) is 0 Å². The summed E-state index contributed by atoms with van der Waals surface area (Å²) in [5, 5.41) is 0. The Kier molecular flexibility index (Phi) is 4.85. The minimum absolute atomic E-state index is 0.00795. The Morgan fingerprint density at radius 1 is 0.742 bits per heavy atom. The van der Waals surface area contributed by atoms with Gasteiger partial charge >= 0.3 is 6.03 Å². The number of benzene rings is 3. The third kappa shape index (κ3) is 3.23. The van der Waals surface area contributed by atoms with Gasteiger partial charge in [0.05, 0.1) is 11.6 Å². The molecule has 2 amide bonds. The van der Waals surface area contributed by atoms with Crippen molar-refractivity contribution in [2.75, 3.05) is 9.80 Å². The van der Waals surface area contributed by atoms with Gasteiger partial charge in [-0.3, -0.25) is 9.80 Å². The number of carbonyl (C=O) groups is 1. The molecule has 158 valence electrons. The molecule has 3 aromatic rings. The zero-order valence-electron chi connectivity index (χ0n) is 18.6. The standard InChI is InChI=1S/C28H30N2O/c1-20-9-13-24(14-10-20)29-26(23-8-6-7-22(3)19-23)28(17-4-5-18-28)30(27(29)31)25-15-11-21(2)12-16-25/h6-16,19,26H,4-5,17-18H2,1-3H3/t26-/m1/s1. The topological polar surface area (TPSA) is 23.6 Å². The largest absolute Gasteiger partial charge is 0.330 e. The van der Waals surface area contributed by atoms with Gasteiger partial charge in [0, 0.05) is 11.4 Å². The van der Waals surface area contributed by atoms with E-state index in [0.29, 0.717) is 0 Å². The molecule has 1 spiro atoms. The molecule has 0 bridgehead atoms. The van der Waals surface area contributed by atoms with Crippen molar-refractivity contribution in [1.82, 2.24) is 0 Å². The Hall–Kier alpha value is -3.07. The van der Waals surface area contributed by atoms with E-state index in [4.69, 9.17) is 0 Å². The first-order valence-corrected chi connectivity index (χ1v) is 11.3. The molecule has 0 radical (unpaired) electrons. The summed E-state index contributed by atoms with van der Waals surface area (Å²) < 4.78 is 0. The fourth-order valence-corrected chi connectivity index (χ4v) is 5.58. The second-order valence-corrected chi connectivity index (χ2v) is 9.29. The van der Waals surface area contributed by atoms with Crippen LogP contribution in [0.15, 0.2) is 72.8 Å². The summed E-state index contributed by atoms with van der Waals surface area (Å²) >= 11 is 0. The van der Waals surface area contributed by atoms with Crippen LogP contribution in [0.3, 0.4) is 0 Å². The lowest BCUT2D eigenvalue weighted by atomic mass is 9.82. The van der Waals surface area contributed by atoms with Crippen molar-refractivity contribution in [2.45, 2.75) is 58.0 Å². The van der Waals surface area contributed by atoms with Gasteiger partial charge in [-0.2, -0.15) is 0 Å². The van der Waals surface area contributed by atoms with Crippen molar-refractivity contribution in [3.8, 4) is 0 Å². The number of nitrogens with zero attached hydrogens (tertiary/aromatic N) is 2. The van der Waals surface area contributed by atoms with Gasteiger partial charge in [0.2, 0.25) is 0 Å². The van der Waals surface area contributed by atoms with E-state index in [1.54, 1.807) is 0 Å². The number of rotatable bonds is 3. The summed E-state index contributed by atoms with van der Waals surface area (Å²) in [5.41, 5.74) is 6.62. The summed E-state index contributed by atoms with van der Waals surface area (Å²) in [6.45, 7) is 6.31. The van der Waals surface area contributed by atoms with Crippen molar-refractivity contribution < 1.29 is 4.79 Å². The average Bonchev–Trinajstić information content (AvgIpc) is 3.33. The van der Waals surface area contributed by atoms with Crippen molar-refractivity contribution in [3.05, 3.63) is 95.1 Å². The molecule has 1 aliphatic heterocycles. The molecule has 31 heavy (non-hydrogen) atoms. The van der Waals surface area contributed by atoms with E-state index in [9.17, 15) is 4.79 Å². The predicted octanol–water partition coefficient (Wildman–Crippen LogP) is 7.11. The predicted molar refractivity (Wildman–Crippen MR) is 128 cm³/mol. The van der Waals surface area contributed by atoms with E-state index >= 15 is 0 Å². The first-order valence-electron chi connectivity index (χ1n) is 11.3. The highest BCUT2D eigenvalue weighted by atomic mass is 16.2. The van der Waals surface area contributed by atoms with E-state index in [1.807, 2.05) is 0 Å². The van der Waals surface area contributed by atoms with Crippen molar-refractivity contribution in [1.29, 1.82) is 0 Å². The molecule has 1 heterocycles. The Morgan fingerprint density at radius 2 is 1.32 bits per heavy atom. The Morgan fingerprint density at radius 3 is 1.90 bits per heavy atom. The van der Waals surface area contributed by atoms with Crippen LogP contribution >= 0.6 is 0 Å². The lowest BCUT2D eigenvalue weighted by Crippen LogP contribution is -2.46. The van der Waals surface area contributed by atoms with Crippen LogP contribution in [0.1, 0.15) is 54.0 Å². The number of carbonyl (C=O) groups excluding carboxylic acids is 1. The van der Waals surface area contributed by atoms with E-state index in [2.05, 4.69) is 103 Å². The highest BCUT2D eigenvalue weighted by Gasteiger charge is 2.59. The van der Waals surface area contributed by atoms with Crippen LogP contribution in [0.25, 0.3) is 0 Å². The molecule has 1 saturated heterocycles. The molecule has 1 aliphatic carbocycles. The molecule has 0 N–H and O–H groups in total. The molecule has 5 rings (SSSR count). The average molecular weight is 411 g/mol. The Bertz CT molecular complexity index is 1090. The molecule has 1 saturated carbocycles. The Balaban J connectivity index is 1.73. The molecular formula is C28H30N2O. The van der Waals surface area contributed by atoms with Crippen LogP contribution in [0.4, 0.5) is 16.2 Å². The molecule has 3 aromatic carbocycles. The lowest BCUT2D eigenvalue weighted by molar-refractivity contribution is 0.253. The van der Waals surface area contributed by atoms with Crippen LogP contribution in [0, 0.1) is 20.8 Å². The third-order valence-electron chi connectivity index (χ3n) is 7.04. The maximum Gasteiger partial charge on any atom is 0.330 e. The van der Waals surface area contributed by atoms with Gasteiger partial charge in [0.1, 0.15) is 0 Å². The second-order valence-electron chi connectivity index (χ2n) is 9.29. The quantitative estimate of drug-likeness (QED) is 0.451. The highest BCUT2D eigenvalue weighted by Crippen LogP contribution is 2.55. The zero-order chi connectivity index (χ0) is 21.6. The normalized spacial score (nSPS) is 20.1. The summed E-state index contributed by atoms with van der Waals surface area (Å²) in [6.07, 6.45) is 4.35. The van der Waals surface area contributed by atoms with Crippen molar-refractivity contribution >= 4 is 17.4 Å². The van der Waals surface area contributed by atoms with Crippen LogP contribution in [-0.2, 0) is 0 Å². The molecule has 2 aliphatic rings. The number of aryl methyl sites for hydroxylation is 3. The second kappa shape index (κ2) is 7.56. The monoisotopic (exact) mass is 410 g/mol. The summed E-state index contributed by atoms with van der Waals surface area (Å²) in [6, 6.07) is 25.6. The van der Waals surface area contributed by atoms with Gasteiger partial charge < -0.3 is 0 Å². The summed E-state index contributed by atoms with van der Waals surface area (Å²) in [7, 11) is 0. The Labute approximate surface area is 185 Å². The van der Waals surface area contributed by atoms with E-state index in [-0.39, 0.29) is 17.6 Å². The molecule has 3 nitrogen and oxygen atoms in total. The smallest absolute Gasteiger partial charge is 0.285 e. The fourth-order valence-electron chi connectivity index (χ4n) is 5.58. The maximum absolute atomic E-state index is 14.2. The van der Waals surface area contributed by atoms with E-state index in [1.165, 1.54) is 22.3 Å². The minimum atomic E-state index is -0.231. The van der Waals surface area contributed by atoms with E-state index in [0.717, 1.165) is 37.1 Å². The van der Waals surface area contributed by atoms with Crippen molar-refractivity contribution in [3.63, 3.8) is 0 Å². The van der Waals surface area contributed by atoms with Gasteiger partial charge in [-0.25, -0.2) is 4.79 Å². The maximum atomic E-state index is 14.2. The highest BCUT2D eigenvalue weighted by molar-refractivity contribution is 6.09. The summed E-state index contributed by atoms with van der Waals surface area (Å²) in [5.74, 6) is 0. The van der Waals surface area contributed by atoms with Gasteiger partial charge in [-0.05, 0) is 63.4 Å². The number of amides is 2. The number of urea groups is 1. The van der Waals surface area contributed by atoms with Crippen LogP contribution in [-0.4, -0.2) is 11.6 Å². The first kappa shape index (κ1) is 19.9. The summed E-state index contributed by atoms with van der Waals surface area (Å²) in [4.78, 5) is 18.3. The van der Waals surface area contributed by atoms with Crippen LogP contribution in [0.5, 0.6) is 0 Å². The minimum Gasteiger partial charge on any atom is -0.285 e. The zero-order valence-corrected chi connectivity index (χ0v) is 18.6. The molecular weight excluding hydrogens is 380 g/mol. The molecule has 0 unspecified atom stereocenters. The lowest BCUT2D eigenvalue weighted by Gasteiger charge is -2.39. The molecule has 3 heteroatoms. The molecule has 0 aromatic heterocycles. The van der Waals surface area contributed by atoms with E-state index < -0.39 is 0 Å². The number of hydrogen-bond acceptors (Lipinski definition) is 1. The third-order valence-corrected chi connectivity index (χ3v) is 7.04. The number of anilines is 2. The molecule has 2 fully saturated rings. The van der Waals surface area contributed by atoms with Crippen LogP contribution in [0.2, 0.25) is 0 Å². The van der Waals surface area contributed by atoms with Gasteiger partial charge in [0.15, 0.2) is 0 Å². The first-order chi connectivity index (χ1) is 15.0. The van der Waals surface area contributed by atoms with Crippen molar-refractivity contribution in [2.24, 2.45) is 0 Å². The molecule has 1 atom stereocenters. The van der Waals surface area contributed by atoms with Crippen LogP contribution < -0.4 is 9.80 Å². The van der Waals surface area contributed by atoms with Gasteiger partial charge in [-0.1, -0.05) is 78.1 Å². The SMILES string of the molecule is Cc1ccc(N2C(=O)N(c3ccc(C)cc3)C3(CCCC3)[C@H]2c2cccc(C)c2)cc1. The fraction of sp³-hybridized carbons (Fsp3) is 0.321. The van der Waals surface area contributed by atoms with Gasteiger partial charge in [0.25, 0.3) is 0 Å².